The van der Waals surface area contributed by atoms with Crippen LogP contribution in [0.3, 0.4) is 0 Å². The topological polar surface area (TPSA) is 80.0 Å². The molecule has 1 amide bonds. The molecule has 0 spiro atoms. The first kappa shape index (κ1) is 12.6. The highest BCUT2D eigenvalue weighted by atomic mass is 16.5. The number of amides is 1. The van der Waals surface area contributed by atoms with Gasteiger partial charge in [-0.25, -0.2) is 4.79 Å². The minimum Gasteiger partial charge on any atom is -0.479 e. The highest BCUT2D eigenvalue weighted by Crippen LogP contribution is 2.16. The van der Waals surface area contributed by atoms with Crippen molar-refractivity contribution in [2.45, 2.75) is 26.1 Å². The Hall–Kier alpha value is -1.82. The number of furan rings is 1. The Kier molecular flexibility index (Phi) is 3.38. The van der Waals surface area contributed by atoms with Crippen LogP contribution in [0.25, 0.3) is 0 Å². The van der Waals surface area contributed by atoms with Crippen LogP contribution in [0.15, 0.2) is 16.5 Å². The maximum Gasteiger partial charge on any atom is 0.334 e. The minimum absolute atomic E-state index is 0.0399. The SMILES string of the molecule is Cc1ccc(C(=O)N2CC(C(=O)O)O[C@H](C)C2)o1. The molecule has 1 aromatic rings. The van der Waals surface area contributed by atoms with Crippen LogP contribution < -0.4 is 0 Å². The van der Waals surface area contributed by atoms with Gasteiger partial charge >= 0.3 is 5.97 Å². The predicted octanol–water partition coefficient (Wildman–Crippen LogP) is 0.902. The molecule has 6 nitrogen and oxygen atoms in total. The average molecular weight is 253 g/mol. The van der Waals surface area contributed by atoms with Crippen LogP contribution in [-0.4, -0.2) is 47.2 Å². The summed E-state index contributed by atoms with van der Waals surface area (Å²) in [6.45, 7) is 3.89. The van der Waals surface area contributed by atoms with Crippen LogP contribution in [0, 0.1) is 6.92 Å². The van der Waals surface area contributed by atoms with E-state index in [4.69, 9.17) is 14.3 Å². The quantitative estimate of drug-likeness (QED) is 0.847. The van der Waals surface area contributed by atoms with E-state index in [9.17, 15) is 9.59 Å². The van der Waals surface area contributed by atoms with Crippen molar-refractivity contribution in [2.75, 3.05) is 13.1 Å². The smallest absolute Gasteiger partial charge is 0.334 e. The molecule has 2 atom stereocenters. The summed E-state index contributed by atoms with van der Waals surface area (Å²) in [5.74, 6) is -0.486. The molecule has 1 aromatic heterocycles. The lowest BCUT2D eigenvalue weighted by molar-refractivity contribution is -0.160. The van der Waals surface area contributed by atoms with E-state index in [1.807, 2.05) is 0 Å². The van der Waals surface area contributed by atoms with Crippen molar-refractivity contribution in [3.8, 4) is 0 Å². The molecular formula is C12H15NO5. The summed E-state index contributed by atoms with van der Waals surface area (Å²) in [4.78, 5) is 24.5. The van der Waals surface area contributed by atoms with E-state index in [0.717, 1.165) is 0 Å². The zero-order valence-electron chi connectivity index (χ0n) is 10.3. The van der Waals surface area contributed by atoms with Crippen LogP contribution in [0.4, 0.5) is 0 Å². The van der Waals surface area contributed by atoms with Gasteiger partial charge in [-0.2, -0.15) is 0 Å². The number of ether oxygens (including phenoxy) is 1. The third-order valence-electron chi connectivity index (χ3n) is 2.77. The van der Waals surface area contributed by atoms with Gasteiger partial charge in [0, 0.05) is 6.54 Å². The standard InChI is InChI=1S/C12H15NO5/c1-7-3-4-9(17-7)11(14)13-5-8(2)18-10(6-13)12(15)16/h3-4,8,10H,5-6H2,1-2H3,(H,15,16)/t8-,10?/m1/s1. The summed E-state index contributed by atoms with van der Waals surface area (Å²) in [7, 11) is 0. The zero-order valence-corrected chi connectivity index (χ0v) is 10.3. The van der Waals surface area contributed by atoms with E-state index < -0.39 is 12.1 Å². The Bertz CT molecular complexity index is 467. The third kappa shape index (κ3) is 2.53. The molecule has 6 heteroatoms. The minimum atomic E-state index is -1.06. The van der Waals surface area contributed by atoms with E-state index in [1.54, 1.807) is 26.0 Å². The second kappa shape index (κ2) is 4.81. The molecule has 1 aliphatic rings. The number of carboxylic acid groups (broad SMARTS) is 1. The Morgan fingerprint density at radius 3 is 2.67 bits per heavy atom. The van der Waals surface area contributed by atoms with Gasteiger partial charge in [0.1, 0.15) is 5.76 Å². The summed E-state index contributed by atoms with van der Waals surface area (Å²) in [6.07, 6.45) is -1.28. The number of aryl methyl sites for hydroxylation is 1. The highest BCUT2D eigenvalue weighted by molar-refractivity contribution is 5.92. The number of hydrogen-bond donors (Lipinski definition) is 1. The first-order valence-corrected chi connectivity index (χ1v) is 5.71. The van der Waals surface area contributed by atoms with Crippen molar-refractivity contribution >= 4 is 11.9 Å². The van der Waals surface area contributed by atoms with Gasteiger partial charge in [-0.15, -0.1) is 0 Å². The number of morpholine rings is 1. The van der Waals surface area contributed by atoms with Crippen molar-refractivity contribution < 1.29 is 23.8 Å². The molecule has 1 unspecified atom stereocenters. The van der Waals surface area contributed by atoms with Crippen molar-refractivity contribution in [1.29, 1.82) is 0 Å². The number of rotatable bonds is 2. The number of aliphatic carboxylic acids is 1. The molecule has 0 radical (unpaired) electrons. The van der Waals surface area contributed by atoms with E-state index in [0.29, 0.717) is 12.3 Å². The Morgan fingerprint density at radius 1 is 1.39 bits per heavy atom. The lowest BCUT2D eigenvalue weighted by Gasteiger charge is -2.34. The largest absolute Gasteiger partial charge is 0.479 e. The fraction of sp³-hybridized carbons (Fsp3) is 0.500. The normalized spacial score (nSPS) is 24.0. The molecule has 1 N–H and O–H groups in total. The van der Waals surface area contributed by atoms with Gasteiger partial charge in [0.25, 0.3) is 5.91 Å². The third-order valence-corrected chi connectivity index (χ3v) is 2.77. The van der Waals surface area contributed by atoms with Gasteiger partial charge in [-0.05, 0) is 26.0 Å². The number of hydrogen-bond acceptors (Lipinski definition) is 4. The average Bonchev–Trinajstić information content (AvgIpc) is 2.74. The van der Waals surface area contributed by atoms with Gasteiger partial charge in [-0.1, -0.05) is 0 Å². The maximum atomic E-state index is 12.1. The van der Waals surface area contributed by atoms with E-state index in [2.05, 4.69) is 0 Å². The predicted molar refractivity (Wildman–Crippen MR) is 61.3 cm³/mol. The maximum absolute atomic E-state index is 12.1. The monoisotopic (exact) mass is 253 g/mol. The summed E-state index contributed by atoms with van der Waals surface area (Å²) < 4.78 is 10.5. The van der Waals surface area contributed by atoms with E-state index >= 15 is 0 Å². The van der Waals surface area contributed by atoms with Crippen LogP contribution in [-0.2, 0) is 9.53 Å². The Labute approximate surface area is 104 Å². The number of carbonyl (C=O) groups is 2. The molecule has 2 rings (SSSR count). The Balaban J connectivity index is 2.12. The molecular weight excluding hydrogens is 238 g/mol. The van der Waals surface area contributed by atoms with Crippen LogP contribution in [0.1, 0.15) is 23.2 Å². The number of carbonyl (C=O) groups excluding carboxylic acids is 1. The first-order chi connectivity index (χ1) is 8.47. The molecule has 0 saturated carbocycles. The van der Waals surface area contributed by atoms with Gasteiger partial charge in [0.2, 0.25) is 0 Å². The summed E-state index contributed by atoms with van der Waals surface area (Å²) in [6, 6.07) is 3.29. The molecule has 18 heavy (non-hydrogen) atoms. The van der Waals surface area contributed by atoms with E-state index in [-0.39, 0.29) is 24.3 Å². The first-order valence-electron chi connectivity index (χ1n) is 5.71. The fourth-order valence-corrected chi connectivity index (χ4v) is 1.96. The van der Waals surface area contributed by atoms with E-state index in [1.165, 1.54) is 4.90 Å². The van der Waals surface area contributed by atoms with Gasteiger partial charge in [0.05, 0.1) is 12.6 Å². The van der Waals surface area contributed by atoms with Gasteiger partial charge < -0.3 is 19.2 Å². The highest BCUT2D eigenvalue weighted by Gasteiger charge is 2.33. The van der Waals surface area contributed by atoms with Crippen molar-refractivity contribution in [3.63, 3.8) is 0 Å². The molecule has 0 bridgehead atoms. The molecule has 1 fully saturated rings. The second-order valence-electron chi connectivity index (χ2n) is 4.39. The summed E-state index contributed by atoms with van der Waals surface area (Å²) >= 11 is 0. The van der Waals surface area contributed by atoms with Crippen molar-refractivity contribution in [2.24, 2.45) is 0 Å². The molecule has 1 saturated heterocycles. The molecule has 0 aromatic carbocycles. The van der Waals surface area contributed by atoms with Crippen LogP contribution in [0.2, 0.25) is 0 Å². The molecule has 2 heterocycles. The van der Waals surface area contributed by atoms with Gasteiger partial charge in [0.15, 0.2) is 11.9 Å². The lowest BCUT2D eigenvalue weighted by atomic mass is 10.2. The number of carboxylic acids is 1. The van der Waals surface area contributed by atoms with Crippen molar-refractivity contribution in [3.05, 3.63) is 23.7 Å². The second-order valence-corrected chi connectivity index (χ2v) is 4.39. The summed E-state index contributed by atoms with van der Waals surface area (Å²) in [5.41, 5.74) is 0. The summed E-state index contributed by atoms with van der Waals surface area (Å²) in [5, 5.41) is 8.94. The lowest BCUT2D eigenvalue weighted by Crippen LogP contribution is -2.51. The number of nitrogens with zero attached hydrogens (tertiary/aromatic N) is 1. The molecule has 98 valence electrons. The van der Waals surface area contributed by atoms with Gasteiger partial charge in [-0.3, -0.25) is 4.79 Å². The fourth-order valence-electron chi connectivity index (χ4n) is 1.96. The van der Waals surface area contributed by atoms with Crippen molar-refractivity contribution in [1.82, 2.24) is 4.90 Å². The Morgan fingerprint density at radius 2 is 2.11 bits per heavy atom. The zero-order chi connectivity index (χ0) is 13.3. The molecule has 1 aliphatic heterocycles. The van der Waals surface area contributed by atoms with Crippen LogP contribution >= 0.6 is 0 Å². The molecule has 0 aliphatic carbocycles. The van der Waals surface area contributed by atoms with Crippen LogP contribution in [0.5, 0.6) is 0 Å².